The zero-order valence-corrected chi connectivity index (χ0v) is 17.3. The number of phenolic OH excluding ortho intramolecular Hbond substituents is 1. The number of hydrogen-bond donors (Lipinski definition) is 2. The van der Waals surface area contributed by atoms with Gasteiger partial charge >= 0.3 is 0 Å². The molecule has 158 valence electrons. The van der Waals surface area contributed by atoms with E-state index >= 15 is 0 Å². The molecule has 2 aromatic carbocycles. The zero-order chi connectivity index (χ0) is 21.3. The number of phenols is 1. The molecule has 0 saturated carbocycles. The quantitative estimate of drug-likeness (QED) is 0.544. The van der Waals surface area contributed by atoms with Crippen molar-refractivity contribution in [3.8, 4) is 5.75 Å². The Morgan fingerprint density at radius 2 is 1.80 bits per heavy atom. The third kappa shape index (κ3) is 5.67. The highest BCUT2D eigenvalue weighted by Gasteiger charge is 2.23. The Morgan fingerprint density at radius 3 is 2.50 bits per heavy atom. The molecular formula is C23H28N4O3. The van der Waals surface area contributed by atoms with Crippen molar-refractivity contribution in [2.24, 2.45) is 5.10 Å². The van der Waals surface area contributed by atoms with E-state index < -0.39 is 0 Å². The number of aryl methyl sites for hydroxylation is 1. The second kappa shape index (κ2) is 10.5. The average Bonchev–Trinajstić information content (AvgIpc) is 2.77. The summed E-state index contributed by atoms with van der Waals surface area (Å²) in [5.74, 6) is 0.00394. The van der Waals surface area contributed by atoms with E-state index in [1.54, 1.807) is 6.07 Å². The lowest BCUT2D eigenvalue weighted by molar-refractivity contribution is -0.122. The molecule has 2 amide bonds. The van der Waals surface area contributed by atoms with Gasteiger partial charge in [-0.1, -0.05) is 43.7 Å². The Kier molecular flexibility index (Phi) is 7.57. The van der Waals surface area contributed by atoms with E-state index in [2.05, 4.69) is 17.5 Å². The third-order valence-corrected chi connectivity index (χ3v) is 5.11. The van der Waals surface area contributed by atoms with Gasteiger partial charge in [0.15, 0.2) is 0 Å². The van der Waals surface area contributed by atoms with E-state index in [1.165, 1.54) is 6.21 Å². The molecule has 0 aromatic heterocycles. The molecule has 1 aliphatic rings. The molecule has 7 nitrogen and oxygen atoms in total. The van der Waals surface area contributed by atoms with Crippen LogP contribution in [0.2, 0.25) is 0 Å². The van der Waals surface area contributed by atoms with Gasteiger partial charge in [-0.15, -0.1) is 0 Å². The maximum Gasteiger partial charge on any atom is 0.254 e. The number of amides is 2. The molecule has 30 heavy (non-hydrogen) atoms. The number of benzene rings is 2. The number of hydrazone groups is 1. The van der Waals surface area contributed by atoms with Crippen molar-refractivity contribution in [2.45, 2.75) is 19.8 Å². The summed E-state index contributed by atoms with van der Waals surface area (Å²) in [5, 5.41) is 14.2. The predicted molar refractivity (Wildman–Crippen MR) is 117 cm³/mol. The predicted octanol–water partition coefficient (Wildman–Crippen LogP) is 2.25. The number of para-hydroxylation sites is 1. The minimum absolute atomic E-state index is 0.0226. The number of carbonyl (C=O) groups excluding carboxylic acids is 2. The summed E-state index contributed by atoms with van der Waals surface area (Å²) >= 11 is 0. The summed E-state index contributed by atoms with van der Waals surface area (Å²) in [5.41, 5.74) is 4.65. The smallest absolute Gasteiger partial charge is 0.254 e. The first-order valence-corrected chi connectivity index (χ1v) is 10.3. The molecule has 7 heteroatoms. The SMILES string of the molecule is CCCc1cccc(/C=N/NC(=O)CN2CCN(C(=O)c3ccccc3)CC2)c1O. The van der Waals surface area contributed by atoms with Gasteiger partial charge in [-0.3, -0.25) is 14.5 Å². The van der Waals surface area contributed by atoms with E-state index in [0.29, 0.717) is 37.3 Å². The van der Waals surface area contributed by atoms with Crippen LogP contribution in [0.4, 0.5) is 0 Å². The molecule has 1 heterocycles. The minimum Gasteiger partial charge on any atom is -0.507 e. The number of piperazine rings is 1. The number of nitrogens with one attached hydrogen (secondary N) is 1. The molecule has 0 aliphatic carbocycles. The van der Waals surface area contributed by atoms with Gasteiger partial charge in [0.1, 0.15) is 5.75 Å². The minimum atomic E-state index is -0.224. The monoisotopic (exact) mass is 408 g/mol. The highest BCUT2D eigenvalue weighted by molar-refractivity contribution is 5.94. The summed E-state index contributed by atoms with van der Waals surface area (Å²) in [6.45, 7) is 4.71. The van der Waals surface area contributed by atoms with Gasteiger partial charge < -0.3 is 10.0 Å². The normalized spacial score (nSPS) is 14.8. The van der Waals surface area contributed by atoms with Crippen LogP contribution in [0.1, 0.15) is 34.8 Å². The van der Waals surface area contributed by atoms with Crippen LogP contribution >= 0.6 is 0 Å². The molecule has 0 bridgehead atoms. The van der Waals surface area contributed by atoms with E-state index in [0.717, 1.165) is 18.4 Å². The van der Waals surface area contributed by atoms with Crippen molar-refractivity contribution in [3.63, 3.8) is 0 Å². The molecule has 0 atom stereocenters. The first-order valence-electron chi connectivity index (χ1n) is 10.3. The average molecular weight is 409 g/mol. The summed E-state index contributed by atoms with van der Waals surface area (Å²) in [6.07, 6.45) is 3.19. The van der Waals surface area contributed by atoms with Crippen LogP contribution in [0.25, 0.3) is 0 Å². The van der Waals surface area contributed by atoms with E-state index in [9.17, 15) is 14.7 Å². The Balaban J connectivity index is 1.45. The van der Waals surface area contributed by atoms with Crippen molar-refractivity contribution in [2.75, 3.05) is 32.7 Å². The van der Waals surface area contributed by atoms with Crippen molar-refractivity contribution in [1.29, 1.82) is 0 Å². The lowest BCUT2D eigenvalue weighted by atomic mass is 10.1. The summed E-state index contributed by atoms with van der Waals surface area (Å²) in [4.78, 5) is 28.5. The van der Waals surface area contributed by atoms with Gasteiger partial charge in [0, 0.05) is 37.3 Å². The molecule has 0 radical (unpaired) electrons. The molecule has 0 spiro atoms. The van der Waals surface area contributed by atoms with E-state index in [-0.39, 0.29) is 24.1 Å². The van der Waals surface area contributed by atoms with Gasteiger partial charge in [-0.2, -0.15) is 5.10 Å². The van der Waals surface area contributed by atoms with Crippen molar-refractivity contribution in [3.05, 3.63) is 65.2 Å². The highest BCUT2D eigenvalue weighted by Crippen LogP contribution is 2.22. The molecule has 1 aliphatic heterocycles. The number of hydrogen-bond acceptors (Lipinski definition) is 5. The van der Waals surface area contributed by atoms with E-state index in [1.807, 2.05) is 52.3 Å². The van der Waals surface area contributed by atoms with Crippen LogP contribution in [-0.4, -0.2) is 65.7 Å². The van der Waals surface area contributed by atoms with Crippen LogP contribution in [0.15, 0.2) is 53.6 Å². The molecule has 1 saturated heterocycles. The van der Waals surface area contributed by atoms with Gasteiger partial charge in [-0.05, 0) is 30.2 Å². The Labute approximate surface area is 177 Å². The Hall–Kier alpha value is -3.19. The first kappa shape index (κ1) is 21.5. The van der Waals surface area contributed by atoms with Crippen molar-refractivity contribution >= 4 is 18.0 Å². The first-order chi connectivity index (χ1) is 14.6. The summed E-state index contributed by atoms with van der Waals surface area (Å²) in [6, 6.07) is 14.7. The highest BCUT2D eigenvalue weighted by atomic mass is 16.3. The van der Waals surface area contributed by atoms with Crippen LogP contribution in [-0.2, 0) is 11.2 Å². The fraction of sp³-hybridized carbons (Fsp3) is 0.348. The number of nitrogens with zero attached hydrogens (tertiary/aromatic N) is 3. The lowest BCUT2D eigenvalue weighted by Gasteiger charge is -2.34. The standard InChI is InChI=1S/C23H28N4O3/c1-2-7-18-10-6-11-20(22(18)29)16-24-25-21(28)17-26-12-14-27(15-13-26)23(30)19-8-4-3-5-9-19/h3-6,8-11,16,29H,2,7,12-15,17H2,1H3,(H,25,28)/b24-16+. The summed E-state index contributed by atoms with van der Waals surface area (Å²) in [7, 11) is 0. The Morgan fingerprint density at radius 1 is 1.07 bits per heavy atom. The third-order valence-electron chi connectivity index (χ3n) is 5.11. The molecule has 0 unspecified atom stereocenters. The number of rotatable bonds is 7. The van der Waals surface area contributed by atoms with Gasteiger partial charge in [0.2, 0.25) is 0 Å². The molecule has 3 rings (SSSR count). The van der Waals surface area contributed by atoms with Crippen LogP contribution in [0, 0.1) is 0 Å². The van der Waals surface area contributed by atoms with Crippen LogP contribution in [0.3, 0.4) is 0 Å². The fourth-order valence-corrected chi connectivity index (χ4v) is 3.47. The maximum absolute atomic E-state index is 12.5. The van der Waals surface area contributed by atoms with Gasteiger partial charge in [0.25, 0.3) is 11.8 Å². The van der Waals surface area contributed by atoms with Gasteiger partial charge in [0.05, 0.1) is 12.8 Å². The maximum atomic E-state index is 12.5. The largest absolute Gasteiger partial charge is 0.507 e. The van der Waals surface area contributed by atoms with Crippen LogP contribution < -0.4 is 5.43 Å². The lowest BCUT2D eigenvalue weighted by Crippen LogP contribution is -2.50. The fourth-order valence-electron chi connectivity index (χ4n) is 3.47. The zero-order valence-electron chi connectivity index (χ0n) is 17.3. The van der Waals surface area contributed by atoms with E-state index in [4.69, 9.17) is 0 Å². The number of aromatic hydroxyl groups is 1. The molecular weight excluding hydrogens is 380 g/mol. The topological polar surface area (TPSA) is 85.2 Å². The summed E-state index contributed by atoms with van der Waals surface area (Å²) < 4.78 is 0. The Bertz CT molecular complexity index is 891. The molecule has 2 N–H and O–H groups in total. The number of carbonyl (C=O) groups is 2. The second-order valence-electron chi connectivity index (χ2n) is 7.33. The molecule has 2 aromatic rings. The van der Waals surface area contributed by atoms with Crippen molar-refractivity contribution in [1.82, 2.24) is 15.2 Å². The molecule has 1 fully saturated rings. The van der Waals surface area contributed by atoms with Crippen LogP contribution in [0.5, 0.6) is 5.75 Å². The second-order valence-corrected chi connectivity index (χ2v) is 7.33. The van der Waals surface area contributed by atoms with Crippen molar-refractivity contribution < 1.29 is 14.7 Å². The van der Waals surface area contributed by atoms with Gasteiger partial charge in [-0.25, -0.2) is 5.43 Å².